The smallest absolute Gasteiger partial charge is 0.424 e. The molecule has 0 bridgehead atoms. The van der Waals surface area contributed by atoms with Crippen molar-refractivity contribution in [1.29, 1.82) is 0 Å². The van der Waals surface area contributed by atoms with Gasteiger partial charge in [0.2, 0.25) is 0 Å². The van der Waals surface area contributed by atoms with Crippen molar-refractivity contribution in [2.45, 2.75) is 0 Å². The summed E-state index contributed by atoms with van der Waals surface area (Å²) in [7, 11) is 3.94. The molecule has 4 heteroatoms. The standard InChI is InChI=1S/C14H15N2O.BrH/c1-15(2)13-8-10-16(11-9-13)14(17)12-6-4-3-5-7-12;/h3-11H,1-2H3;1H/q+1;/p-1. The van der Waals surface area contributed by atoms with Crippen LogP contribution in [0.25, 0.3) is 0 Å². The Morgan fingerprint density at radius 3 is 2.06 bits per heavy atom. The highest BCUT2D eigenvalue weighted by molar-refractivity contribution is 5.86. The Balaban J connectivity index is 0.00000162. The van der Waals surface area contributed by atoms with Crippen molar-refractivity contribution in [3.8, 4) is 0 Å². The third-order valence-corrected chi connectivity index (χ3v) is 2.58. The van der Waals surface area contributed by atoms with Crippen LogP contribution in [0.2, 0.25) is 0 Å². The van der Waals surface area contributed by atoms with E-state index in [0.29, 0.717) is 5.56 Å². The Hall–Kier alpha value is -1.68. The molecule has 94 valence electrons. The van der Waals surface area contributed by atoms with Gasteiger partial charge in [-0.25, -0.2) is 4.79 Å². The second-order valence-corrected chi connectivity index (χ2v) is 4.03. The molecule has 2 rings (SSSR count). The molecule has 0 fully saturated rings. The van der Waals surface area contributed by atoms with Crippen LogP contribution < -0.4 is 26.4 Å². The second kappa shape index (κ2) is 6.31. The Bertz CT molecular complexity index is 509. The van der Waals surface area contributed by atoms with Gasteiger partial charge in [-0.05, 0) is 12.1 Å². The summed E-state index contributed by atoms with van der Waals surface area (Å²) < 4.78 is 1.59. The molecule has 0 unspecified atom stereocenters. The number of carbonyl (C=O) groups is 1. The molecule has 2 aromatic rings. The van der Waals surface area contributed by atoms with Gasteiger partial charge in [0.1, 0.15) is 0 Å². The quantitative estimate of drug-likeness (QED) is 0.647. The van der Waals surface area contributed by atoms with E-state index in [9.17, 15) is 4.79 Å². The van der Waals surface area contributed by atoms with Crippen LogP contribution in [-0.4, -0.2) is 20.0 Å². The van der Waals surface area contributed by atoms with Crippen molar-refractivity contribution in [1.82, 2.24) is 0 Å². The van der Waals surface area contributed by atoms with E-state index in [-0.39, 0.29) is 22.9 Å². The van der Waals surface area contributed by atoms with Gasteiger partial charge >= 0.3 is 5.91 Å². The van der Waals surface area contributed by atoms with Gasteiger partial charge in [0.25, 0.3) is 0 Å². The van der Waals surface area contributed by atoms with Crippen molar-refractivity contribution in [3.63, 3.8) is 0 Å². The molecule has 0 aliphatic carbocycles. The molecule has 0 saturated carbocycles. The lowest BCUT2D eigenvalue weighted by Gasteiger charge is -2.09. The number of benzene rings is 1. The highest BCUT2D eigenvalue weighted by Gasteiger charge is 2.16. The Kier molecular flexibility index (Phi) is 5.04. The lowest BCUT2D eigenvalue weighted by molar-refractivity contribution is -0.570. The average molecular weight is 307 g/mol. The predicted octanol–water partition coefficient (Wildman–Crippen LogP) is -1.27. The number of hydrogen-bond donors (Lipinski definition) is 0. The summed E-state index contributed by atoms with van der Waals surface area (Å²) in [6, 6.07) is 13.1. The number of nitrogens with zero attached hydrogens (tertiary/aromatic N) is 2. The first-order chi connectivity index (χ1) is 8.18. The van der Waals surface area contributed by atoms with Crippen molar-refractivity contribution in [3.05, 3.63) is 60.4 Å². The fourth-order valence-electron chi connectivity index (χ4n) is 1.58. The maximum Gasteiger partial charge on any atom is 0.424 e. The number of halogens is 1. The minimum Gasteiger partial charge on any atom is -1.00 e. The lowest BCUT2D eigenvalue weighted by Crippen LogP contribution is -3.00. The van der Waals surface area contributed by atoms with Crippen LogP contribution >= 0.6 is 0 Å². The van der Waals surface area contributed by atoms with Gasteiger partial charge in [0.15, 0.2) is 12.4 Å². The zero-order valence-electron chi connectivity index (χ0n) is 10.4. The molecule has 0 amide bonds. The Morgan fingerprint density at radius 2 is 1.56 bits per heavy atom. The SMILES string of the molecule is CN(C)c1cc[n+](C(=O)c2ccccc2)cc1.[Br-]. The first-order valence-corrected chi connectivity index (χ1v) is 5.47. The number of hydrogen-bond acceptors (Lipinski definition) is 2. The minimum absolute atomic E-state index is 0. The van der Waals surface area contributed by atoms with Crippen LogP contribution in [0.5, 0.6) is 0 Å². The van der Waals surface area contributed by atoms with Crippen LogP contribution in [0.4, 0.5) is 5.69 Å². The zero-order valence-corrected chi connectivity index (χ0v) is 12.0. The van der Waals surface area contributed by atoms with Crippen molar-refractivity contribution in [2.24, 2.45) is 0 Å². The molecule has 0 radical (unpaired) electrons. The largest absolute Gasteiger partial charge is 1.00 e. The maximum absolute atomic E-state index is 12.1. The summed E-state index contributed by atoms with van der Waals surface area (Å²) in [5, 5.41) is 0. The monoisotopic (exact) mass is 306 g/mol. The molecule has 0 spiro atoms. The normalized spacial score (nSPS) is 9.44. The van der Waals surface area contributed by atoms with Crippen LogP contribution in [0.15, 0.2) is 54.9 Å². The highest BCUT2D eigenvalue weighted by Crippen LogP contribution is 2.06. The summed E-state index contributed by atoms with van der Waals surface area (Å²) in [6.45, 7) is 0. The average Bonchev–Trinajstić information content (AvgIpc) is 2.39. The molecular weight excluding hydrogens is 292 g/mol. The van der Waals surface area contributed by atoms with Crippen LogP contribution in [-0.2, 0) is 0 Å². The van der Waals surface area contributed by atoms with Gasteiger partial charge in [-0.1, -0.05) is 18.2 Å². The van der Waals surface area contributed by atoms with Crippen LogP contribution in [0, 0.1) is 0 Å². The summed E-state index contributed by atoms with van der Waals surface area (Å²) in [5.41, 5.74) is 1.76. The molecule has 1 aromatic carbocycles. The molecule has 1 heterocycles. The number of aromatic nitrogens is 1. The summed E-state index contributed by atoms with van der Waals surface area (Å²) >= 11 is 0. The van der Waals surface area contributed by atoms with E-state index in [1.54, 1.807) is 17.0 Å². The van der Waals surface area contributed by atoms with E-state index >= 15 is 0 Å². The van der Waals surface area contributed by atoms with Gasteiger partial charge in [0, 0.05) is 31.9 Å². The molecular formula is C14H15BrN2O. The second-order valence-electron chi connectivity index (χ2n) is 4.03. The van der Waals surface area contributed by atoms with Gasteiger partial charge in [-0.2, -0.15) is 0 Å². The fraction of sp³-hybridized carbons (Fsp3) is 0.143. The molecule has 0 aliphatic rings. The van der Waals surface area contributed by atoms with E-state index in [0.717, 1.165) is 5.69 Å². The van der Waals surface area contributed by atoms with Crippen LogP contribution in [0.3, 0.4) is 0 Å². The van der Waals surface area contributed by atoms with Crippen molar-refractivity contribution >= 4 is 11.6 Å². The van der Waals surface area contributed by atoms with E-state index < -0.39 is 0 Å². The number of carbonyl (C=O) groups excluding carboxylic acids is 1. The van der Waals surface area contributed by atoms with Gasteiger partial charge in [-0.15, -0.1) is 4.57 Å². The Labute approximate surface area is 117 Å². The van der Waals surface area contributed by atoms with E-state index in [2.05, 4.69) is 0 Å². The van der Waals surface area contributed by atoms with E-state index in [4.69, 9.17) is 0 Å². The van der Waals surface area contributed by atoms with Gasteiger partial charge < -0.3 is 21.9 Å². The molecule has 1 aromatic heterocycles. The Morgan fingerprint density at radius 1 is 1.00 bits per heavy atom. The van der Waals surface area contributed by atoms with Crippen molar-refractivity contribution < 1.29 is 26.3 Å². The summed E-state index contributed by atoms with van der Waals surface area (Å²) in [6.07, 6.45) is 3.56. The molecule has 0 atom stereocenters. The molecule has 3 nitrogen and oxygen atoms in total. The molecule has 0 saturated heterocycles. The van der Waals surface area contributed by atoms with E-state index in [1.807, 2.05) is 61.5 Å². The first-order valence-electron chi connectivity index (χ1n) is 5.47. The third kappa shape index (κ3) is 3.17. The highest BCUT2D eigenvalue weighted by atomic mass is 79.9. The summed E-state index contributed by atoms with van der Waals surface area (Å²) in [4.78, 5) is 14.1. The molecule has 18 heavy (non-hydrogen) atoms. The fourth-order valence-corrected chi connectivity index (χ4v) is 1.58. The number of rotatable bonds is 2. The van der Waals surface area contributed by atoms with Crippen LogP contribution in [0.1, 0.15) is 10.4 Å². The van der Waals surface area contributed by atoms with Crippen molar-refractivity contribution in [2.75, 3.05) is 19.0 Å². The first kappa shape index (κ1) is 14.4. The summed E-state index contributed by atoms with van der Waals surface area (Å²) in [5.74, 6) is -0.0177. The number of anilines is 1. The molecule has 0 aliphatic heterocycles. The lowest BCUT2D eigenvalue weighted by atomic mass is 10.2. The molecule has 0 N–H and O–H groups in total. The van der Waals surface area contributed by atoms with Gasteiger partial charge in [-0.3, -0.25) is 0 Å². The maximum atomic E-state index is 12.1. The zero-order chi connectivity index (χ0) is 12.3. The van der Waals surface area contributed by atoms with Gasteiger partial charge in [0.05, 0.1) is 5.56 Å². The van der Waals surface area contributed by atoms with E-state index in [1.165, 1.54) is 0 Å². The predicted molar refractivity (Wildman–Crippen MR) is 67.1 cm³/mol. The topological polar surface area (TPSA) is 24.2 Å². The number of pyridine rings is 1. The third-order valence-electron chi connectivity index (χ3n) is 2.58. The minimum atomic E-state index is -0.0177.